The SMILES string of the molecule is CC(Oc1ccn(-c2ccc(N)cc2)c1)n1cccc1. The second-order valence-electron chi connectivity index (χ2n) is 4.69. The average molecular weight is 267 g/mol. The first-order valence-electron chi connectivity index (χ1n) is 6.55. The van der Waals surface area contributed by atoms with Crippen LogP contribution in [-0.2, 0) is 0 Å². The summed E-state index contributed by atoms with van der Waals surface area (Å²) in [5.41, 5.74) is 7.51. The predicted molar refractivity (Wildman–Crippen MR) is 80.0 cm³/mol. The van der Waals surface area contributed by atoms with Crippen LogP contribution >= 0.6 is 0 Å². The molecule has 0 amide bonds. The number of benzene rings is 1. The lowest BCUT2D eigenvalue weighted by Gasteiger charge is -2.14. The molecule has 1 unspecified atom stereocenters. The Morgan fingerprint density at radius 1 is 1.00 bits per heavy atom. The lowest BCUT2D eigenvalue weighted by Crippen LogP contribution is -2.09. The zero-order chi connectivity index (χ0) is 13.9. The second kappa shape index (κ2) is 5.17. The second-order valence-corrected chi connectivity index (χ2v) is 4.69. The van der Waals surface area contributed by atoms with E-state index in [1.807, 2.05) is 83.3 Å². The average Bonchev–Trinajstić information content (AvgIpc) is 3.10. The number of rotatable bonds is 4. The Labute approximate surface area is 118 Å². The fourth-order valence-corrected chi connectivity index (χ4v) is 2.10. The van der Waals surface area contributed by atoms with E-state index in [9.17, 15) is 0 Å². The van der Waals surface area contributed by atoms with Gasteiger partial charge in [0.25, 0.3) is 0 Å². The number of nitrogens with zero attached hydrogens (tertiary/aromatic N) is 2. The van der Waals surface area contributed by atoms with Crippen LogP contribution in [0.3, 0.4) is 0 Å². The van der Waals surface area contributed by atoms with Gasteiger partial charge in [0.05, 0.1) is 6.20 Å². The molecule has 4 nitrogen and oxygen atoms in total. The minimum atomic E-state index is -0.0349. The van der Waals surface area contributed by atoms with E-state index in [0.29, 0.717) is 0 Å². The summed E-state index contributed by atoms with van der Waals surface area (Å²) in [5.74, 6) is 0.836. The lowest BCUT2D eigenvalue weighted by atomic mass is 10.3. The Balaban J connectivity index is 1.75. The number of nitrogens with two attached hydrogens (primary N) is 1. The van der Waals surface area contributed by atoms with Gasteiger partial charge in [0, 0.05) is 30.0 Å². The number of ether oxygens (including phenoxy) is 1. The molecule has 4 heteroatoms. The molecule has 0 aliphatic rings. The van der Waals surface area contributed by atoms with Crippen LogP contribution in [0.15, 0.2) is 67.3 Å². The number of anilines is 1. The molecule has 2 aromatic heterocycles. The molecule has 0 saturated heterocycles. The van der Waals surface area contributed by atoms with E-state index < -0.39 is 0 Å². The topological polar surface area (TPSA) is 45.1 Å². The first-order valence-corrected chi connectivity index (χ1v) is 6.55. The van der Waals surface area contributed by atoms with Gasteiger partial charge in [-0.25, -0.2) is 0 Å². The smallest absolute Gasteiger partial charge is 0.172 e. The van der Waals surface area contributed by atoms with Crippen molar-refractivity contribution in [2.24, 2.45) is 0 Å². The Morgan fingerprint density at radius 2 is 1.70 bits per heavy atom. The standard InChI is InChI=1S/C16H17N3O/c1-13(18-9-2-3-10-18)20-16-8-11-19(12-16)15-6-4-14(17)5-7-15/h2-13H,17H2,1H3. The molecule has 0 aliphatic carbocycles. The fraction of sp³-hybridized carbons (Fsp3) is 0.125. The summed E-state index contributed by atoms with van der Waals surface area (Å²) in [7, 11) is 0. The third-order valence-electron chi connectivity index (χ3n) is 3.21. The molecule has 2 heterocycles. The molecular formula is C16H17N3O. The number of hydrogen-bond acceptors (Lipinski definition) is 2. The van der Waals surface area contributed by atoms with Gasteiger partial charge in [0.2, 0.25) is 0 Å². The van der Waals surface area contributed by atoms with Crippen molar-refractivity contribution < 1.29 is 4.74 Å². The van der Waals surface area contributed by atoms with Crippen LogP contribution < -0.4 is 10.5 Å². The summed E-state index contributed by atoms with van der Waals surface area (Å²) in [4.78, 5) is 0. The Morgan fingerprint density at radius 3 is 2.40 bits per heavy atom. The number of nitrogen functional groups attached to an aromatic ring is 1. The summed E-state index contributed by atoms with van der Waals surface area (Å²) in [6, 6.07) is 13.7. The summed E-state index contributed by atoms with van der Waals surface area (Å²) in [5, 5.41) is 0. The maximum absolute atomic E-state index is 5.90. The van der Waals surface area contributed by atoms with Gasteiger partial charge in [-0.1, -0.05) is 0 Å². The highest BCUT2D eigenvalue weighted by Gasteiger charge is 2.06. The first-order chi connectivity index (χ1) is 9.72. The highest BCUT2D eigenvalue weighted by atomic mass is 16.5. The van der Waals surface area contributed by atoms with Crippen LogP contribution in [0.4, 0.5) is 5.69 Å². The van der Waals surface area contributed by atoms with Gasteiger partial charge in [-0.2, -0.15) is 0 Å². The minimum Gasteiger partial charge on any atom is -0.469 e. The van der Waals surface area contributed by atoms with Gasteiger partial charge < -0.3 is 19.6 Å². The Kier molecular flexibility index (Phi) is 3.21. The number of hydrogen-bond donors (Lipinski definition) is 1. The monoisotopic (exact) mass is 267 g/mol. The molecule has 0 saturated carbocycles. The third kappa shape index (κ3) is 2.54. The van der Waals surface area contributed by atoms with Crippen molar-refractivity contribution in [1.29, 1.82) is 0 Å². The first kappa shape index (κ1) is 12.4. The normalized spacial score (nSPS) is 12.2. The fourth-order valence-electron chi connectivity index (χ4n) is 2.10. The highest BCUT2D eigenvalue weighted by Crippen LogP contribution is 2.21. The van der Waals surface area contributed by atoms with Crippen molar-refractivity contribution in [3.05, 3.63) is 67.3 Å². The Bertz CT molecular complexity index is 668. The minimum absolute atomic E-state index is 0.0349. The maximum Gasteiger partial charge on any atom is 0.172 e. The molecule has 0 spiro atoms. The highest BCUT2D eigenvalue weighted by molar-refractivity contribution is 5.45. The van der Waals surface area contributed by atoms with Crippen LogP contribution in [0.1, 0.15) is 13.2 Å². The molecule has 3 rings (SSSR count). The van der Waals surface area contributed by atoms with E-state index >= 15 is 0 Å². The van der Waals surface area contributed by atoms with Crippen LogP contribution in [0, 0.1) is 0 Å². The van der Waals surface area contributed by atoms with Crippen LogP contribution in [0.5, 0.6) is 5.75 Å². The van der Waals surface area contributed by atoms with Crippen LogP contribution in [0.2, 0.25) is 0 Å². The van der Waals surface area contributed by atoms with Crippen molar-refractivity contribution in [2.75, 3.05) is 5.73 Å². The van der Waals surface area contributed by atoms with Gasteiger partial charge >= 0.3 is 0 Å². The van der Waals surface area contributed by atoms with Crippen molar-refractivity contribution >= 4 is 5.69 Å². The molecule has 2 N–H and O–H groups in total. The van der Waals surface area contributed by atoms with Gasteiger partial charge in [0.1, 0.15) is 5.75 Å². The molecule has 1 atom stereocenters. The predicted octanol–water partition coefficient (Wildman–Crippen LogP) is 3.46. The van der Waals surface area contributed by atoms with Crippen molar-refractivity contribution in [3.63, 3.8) is 0 Å². The summed E-state index contributed by atoms with van der Waals surface area (Å²) in [6.07, 6.45) is 7.88. The van der Waals surface area contributed by atoms with Gasteiger partial charge in [-0.3, -0.25) is 0 Å². The molecule has 0 radical (unpaired) electrons. The maximum atomic E-state index is 5.90. The quantitative estimate of drug-likeness (QED) is 0.736. The van der Waals surface area contributed by atoms with E-state index in [1.54, 1.807) is 0 Å². The zero-order valence-electron chi connectivity index (χ0n) is 11.3. The number of aromatic nitrogens is 2. The molecule has 102 valence electrons. The molecular weight excluding hydrogens is 250 g/mol. The van der Waals surface area contributed by atoms with E-state index in [1.165, 1.54) is 0 Å². The molecule has 0 fully saturated rings. The Hall–Kier alpha value is -2.62. The third-order valence-corrected chi connectivity index (χ3v) is 3.21. The lowest BCUT2D eigenvalue weighted by molar-refractivity contribution is 0.153. The van der Waals surface area contributed by atoms with E-state index in [4.69, 9.17) is 10.5 Å². The van der Waals surface area contributed by atoms with Gasteiger partial charge in [-0.05, 0) is 49.4 Å². The molecule has 0 aliphatic heterocycles. The van der Waals surface area contributed by atoms with E-state index in [2.05, 4.69) is 0 Å². The van der Waals surface area contributed by atoms with Gasteiger partial charge in [0.15, 0.2) is 6.23 Å². The molecule has 20 heavy (non-hydrogen) atoms. The van der Waals surface area contributed by atoms with Crippen LogP contribution in [-0.4, -0.2) is 9.13 Å². The van der Waals surface area contributed by atoms with Crippen molar-refractivity contribution in [2.45, 2.75) is 13.2 Å². The van der Waals surface area contributed by atoms with Gasteiger partial charge in [-0.15, -0.1) is 0 Å². The van der Waals surface area contributed by atoms with E-state index in [-0.39, 0.29) is 6.23 Å². The summed E-state index contributed by atoms with van der Waals surface area (Å²) < 4.78 is 9.93. The van der Waals surface area contributed by atoms with Crippen LogP contribution in [0.25, 0.3) is 5.69 Å². The zero-order valence-corrected chi connectivity index (χ0v) is 11.3. The van der Waals surface area contributed by atoms with E-state index in [0.717, 1.165) is 17.1 Å². The largest absolute Gasteiger partial charge is 0.469 e. The van der Waals surface area contributed by atoms with Crippen molar-refractivity contribution in [3.8, 4) is 11.4 Å². The molecule has 3 aromatic rings. The summed E-state index contributed by atoms with van der Waals surface area (Å²) >= 11 is 0. The molecule has 0 bridgehead atoms. The summed E-state index contributed by atoms with van der Waals surface area (Å²) in [6.45, 7) is 2.01. The molecule has 1 aromatic carbocycles. The van der Waals surface area contributed by atoms with Crippen molar-refractivity contribution in [1.82, 2.24) is 9.13 Å².